The molecule has 2 atom stereocenters. The highest BCUT2D eigenvalue weighted by Crippen LogP contribution is 2.40. The molecule has 2 saturated heterocycles. The zero-order valence-corrected chi connectivity index (χ0v) is 13.9. The molecule has 2 fully saturated rings. The Bertz CT molecular complexity index is 665. The molecular formula is C17H21F3N4. The molecule has 4 nitrogen and oxygen atoms in total. The van der Waals surface area contributed by atoms with E-state index in [4.69, 9.17) is 0 Å². The predicted molar refractivity (Wildman–Crippen MR) is 86.0 cm³/mol. The van der Waals surface area contributed by atoms with Gasteiger partial charge in [-0.1, -0.05) is 13.3 Å². The first-order chi connectivity index (χ1) is 11.3. The second kappa shape index (κ2) is 6.15. The maximum absolute atomic E-state index is 13.5. The number of hydrogen-bond acceptors (Lipinski definition) is 4. The number of anilines is 2. The van der Waals surface area contributed by atoms with Crippen molar-refractivity contribution in [3.05, 3.63) is 17.2 Å². The van der Waals surface area contributed by atoms with E-state index in [9.17, 15) is 18.4 Å². The van der Waals surface area contributed by atoms with E-state index in [1.807, 2.05) is 11.8 Å². The van der Waals surface area contributed by atoms with Gasteiger partial charge in [-0.3, -0.25) is 0 Å². The molecule has 0 radical (unpaired) electrons. The lowest BCUT2D eigenvalue weighted by atomic mass is 10.0. The van der Waals surface area contributed by atoms with Crippen LogP contribution in [-0.4, -0.2) is 30.7 Å². The second-order valence-electron chi connectivity index (χ2n) is 6.68. The van der Waals surface area contributed by atoms with Crippen LogP contribution in [0.2, 0.25) is 0 Å². The summed E-state index contributed by atoms with van der Waals surface area (Å²) in [5, 5.41) is 9.32. The topological polar surface area (TPSA) is 43.2 Å². The average Bonchev–Trinajstić information content (AvgIpc) is 3.01. The highest BCUT2D eigenvalue weighted by Gasteiger charge is 2.39. The molecule has 24 heavy (non-hydrogen) atoms. The van der Waals surface area contributed by atoms with E-state index in [0.717, 1.165) is 31.9 Å². The number of halogens is 3. The molecule has 7 heteroatoms. The number of rotatable bonds is 3. The minimum atomic E-state index is -4.56. The standard InChI is InChI=1S/C17H21F3N4/c1-3-12-5-6-23(10-12)15-8-14(17(18,19)20)13(9-21)16(22-15)24-7-4-11(24)2/h8,11-12H,3-7,10H2,1-2H3. The highest BCUT2D eigenvalue weighted by molar-refractivity contribution is 5.65. The van der Waals surface area contributed by atoms with Gasteiger partial charge in [0, 0.05) is 25.7 Å². The van der Waals surface area contributed by atoms with Crippen LogP contribution in [0, 0.1) is 17.2 Å². The molecular weight excluding hydrogens is 317 g/mol. The Kier molecular flexibility index (Phi) is 4.33. The van der Waals surface area contributed by atoms with Gasteiger partial charge < -0.3 is 9.80 Å². The third-order valence-electron chi connectivity index (χ3n) is 5.18. The summed E-state index contributed by atoms with van der Waals surface area (Å²) in [6.45, 7) is 6.11. The van der Waals surface area contributed by atoms with Crippen LogP contribution in [0.15, 0.2) is 6.07 Å². The van der Waals surface area contributed by atoms with Crippen molar-refractivity contribution in [1.82, 2.24) is 4.98 Å². The number of alkyl halides is 3. The van der Waals surface area contributed by atoms with E-state index in [-0.39, 0.29) is 17.4 Å². The summed E-state index contributed by atoms with van der Waals surface area (Å²) in [6, 6.07) is 2.90. The average molecular weight is 338 g/mol. The minimum absolute atomic E-state index is 0.114. The smallest absolute Gasteiger partial charge is 0.356 e. The lowest BCUT2D eigenvalue weighted by Crippen LogP contribution is -2.47. The number of hydrogen-bond donors (Lipinski definition) is 0. The Balaban J connectivity index is 2.07. The summed E-state index contributed by atoms with van der Waals surface area (Å²) in [7, 11) is 0. The molecule has 3 rings (SSSR count). The molecule has 2 unspecified atom stereocenters. The first-order valence-electron chi connectivity index (χ1n) is 8.39. The van der Waals surface area contributed by atoms with Gasteiger partial charge >= 0.3 is 6.18 Å². The Morgan fingerprint density at radius 2 is 2.08 bits per heavy atom. The molecule has 2 aliphatic rings. The van der Waals surface area contributed by atoms with Crippen LogP contribution < -0.4 is 9.80 Å². The van der Waals surface area contributed by atoms with Gasteiger partial charge in [0.1, 0.15) is 23.3 Å². The fraction of sp³-hybridized carbons (Fsp3) is 0.647. The van der Waals surface area contributed by atoms with Crippen LogP contribution in [0.4, 0.5) is 24.8 Å². The molecule has 130 valence electrons. The van der Waals surface area contributed by atoms with Crippen LogP contribution in [0.3, 0.4) is 0 Å². The summed E-state index contributed by atoms with van der Waals surface area (Å²) < 4.78 is 40.5. The molecule has 0 N–H and O–H groups in total. The third kappa shape index (κ3) is 2.90. The van der Waals surface area contributed by atoms with Crippen molar-refractivity contribution in [3.63, 3.8) is 0 Å². The molecule has 2 aliphatic heterocycles. The van der Waals surface area contributed by atoms with Crippen molar-refractivity contribution in [3.8, 4) is 6.07 Å². The zero-order valence-electron chi connectivity index (χ0n) is 13.9. The van der Waals surface area contributed by atoms with Gasteiger partial charge in [-0.05, 0) is 31.7 Å². The molecule has 0 amide bonds. The van der Waals surface area contributed by atoms with Crippen LogP contribution in [-0.2, 0) is 6.18 Å². The van der Waals surface area contributed by atoms with Crippen LogP contribution in [0.1, 0.15) is 44.2 Å². The maximum atomic E-state index is 13.5. The van der Waals surface area contributed by atoms with Gasteiger partial charge in [0.15, 0.2) is 0 Å². The fourth-order valence-electron chi connectivity index (χ4n) is 3.43. The highest BCUT2D eigenvalue weighted by atomic mass is 19.4. The van der Waals surface area contributed by atoms with Crippen molar-refractivity contribution in [2.45, 2.75) is 45.3 Å². The lowest BCUT2D eigenvalue weighted by Gasteiger charge is -2.40. The molecule has 1 aromatic rings. The Labute approximate surface area is 139 Å². The van der Waals surface area contributed by atoms with Gasteiger partial charge in [-0.2, -0.15) is 18.4 Å². The maximum Gasteiger partial charge on any atom is 0.417 e. The van der Waals surface area contributed by atoms with Crippen LogP contribution in [0.5, 0.6) is 0 Å². The van der Waals surface area contributed by atoms with Gasteiger partial charge in [-0.15, -0.1) is 0 Å². The second-order valence-corrected chi connectivity index (χ2v) is 6.68. The van der Waals surface area contributed by atoms with Gasteiger partial charge in [-0.25, -0.2) is 4.98 Å². The summed E-state index contributed by atoms with van der Waals surface area (Å²) >= 11 is 0. The molecule has 0 aliphatic carbocycles. The summed E-state index contributed by atoms with van der Waals surface area (Å²) in [5.74, 6) is 1.01. The molecule has 3 heterocycles. The molecule has 0 aromatic carbocycles. The Morgan fingerprint density at radius 1 is 1.33 bits per heavy atom. The first-order valence-corrected chi connectivity index (χ1v) is 8.39. The van der Waals surface area contributed by atoms with Crippen molar-refractivity contribution >= 4 is 11.6 Å². The first kappa shape index (κ1) is 16.9. The number of nitrogens with zero attached hydrogens (tertiary/aromatic N) is 4. The Hall–Kier alpha value is -1.97. The van der Waals surface area contributed by atoms with Crippen molar-refractivity contribution in [1.29, 1.82) is 5.26 Å². The quantitative estimate of drug-likeness (QED) is 0.841. The van der Waals surface area contributed by atoms with Crippen molar-refractivity contribution in [2.75, 3.05) is 29.4 Å². The van der Waals surface area contributed by atoms with Crippen LogP contribution in [0.25, 0.3) is 0 Å². The number of aromatic nitrogens is 1. The van der Waals surface area contributed by atoms with E-state index < -0.39 is 11.7 Å². The van der Waals surface area contributed by atoms with Gasteiger partial charge in [0.25, 0.3) is 0 Å². The summed E-state index contributed by atoms with van der Waals surface area (Å²) in [4.78, 5) is 8.18. The van der Waals surface area contributed by atoms with E-state index in [1.54, 1.807) is 11.0 Å². The lowest BCUT2D eigenvalue weighted by molar-refractivity contribution is -0.137. The van der Waals surface area contributed by atoms with E-state index in [1.165, 1.54) is 0 Å². The van der Waals surface area contributed by atoms with Crippen molar-refractivity contribution in [2.24, 2.45) is 5.92 Å². The normalized spacial score (nSPS) is 24.0. The van der Waals surface area contributed by atoms with E-state index >= 15 is 0 Å². The number of pyridine rings is 1. The van der Waals surface area contributed by atoms with Gasteiger partial charge in [0.05, 0.1) is 5.56 Å². The minimum Gasteiger partial charge on any atom is -0.356 e. The third-order valence-corrected chi connectivity index (χ3v) is 5.18. The predicted octanol–water partition coefficient (Wildman–Crippen LogP) is 3.81. The van der Waals surface area contributed by atoms with E-state index in [2.05, 4.69) is 11.9 Å². The molecule has 0 spiro atoms. The summed E-state index contributed by atoms with van der Waals surface area (Å²) in [5.41, 5.74) is -1.23. The largest absolute Gasteiger partial charge is 0.417 e. The van der Waals surface area contributed by atoms with Gasteiger partial charge in [0.2, 0.25) is 0 Å². The summed E-state index contributed by atoms with van der Waals surface area (Å²) in [6.07, 6.45) is -1.68. The zero-order chi connectivity index (χ0) is 17.5. The Morgan fingerprint density at radius 3 is 2.54 bits per heavy atom. The molecule has 1 aromatic heterocycles. The van der Waals surface area contributed by atoms with E-state index in [0.29, 0.717) is 24.8 Å². The SMILES string of the molecule is CCC1CCN(c2cc(C(F)(F)F)c(C#N)c(N3CCC3C)n2)C1. The number of nitriles is 1. The molecule has 0 bridgehead atoms. The van der Waals surface area contributed by atoms with Crippen molar-refractivity contribution < 1.29 is 13.2 Å². The van der Waals surface area contributed by atoms with Crippen LogP contribution >= 0.6 is 0 Å². The monoisotopic (exact) mass is 338 g/mol. The molecule has 0 saturated carbocycles. The fourth-order valence-corrected chi connectivity index (χ4v) is 3.43.